The van der Waals surface area contributed by atoms with Crippen molar-refractivity contribution >= 4 is 28.9 Å². The zero-order valence-corrected chi connectivity index (χ0v) is 21.6. The maximum absolute atomic E-state index is 12.1. The summed E-state index contributed by atoms with van der Waals surface area (Å²) in [6.07, 6.45) is 5.73. The molecule has 1 fully saturated rings. The third-order valence-electron chi connectivity index (χ3n) is 6.14. The van der Waals surface area contributed by atoms with Crippen molar-refractivity contribution in [2.75, 3.05) is 18.2 Å². The number of carbonyl (C=O) groups excluding carboxylic acids is 1. The van der Waals surface area contributed by atoms with E-state index in [1.807, 2.05) is 32.9 Å². The maximum atomic E-state index is 12.1. The number of fused-ring (bicyclic) bond motifs is 1. The highest BCUT2D eigenvalue weighted by Crippen LogP contribution is 2.31. The van der Waals surface area contributed by atoms with Crippen LogP contribution in [0.1, 0.15) is 58.9 Å². The van der Waals surface area contributed by atoms with Gasteiger partial charge in [0.25, 0.3) is 0 Å². The smallest absolute Gasteiger partial charge is 0.407 e. The fourth-order valence-corrected chi connectivity index (χ4v) is 4.41. The Balaban J connectivity index is 1.46. The van der Waals surface area contributed by atoms with Crippen molar-refractivity contribution < 1.29 is 14.3 Å². The molecule has 0 aliphatic heterocycles. The molecule has 0 bridgehead atoms. The topological polar surface area (TPSA) is 137 Å². The standard InChI is InChI=1S/C26H35N7O3/c1-6-15-13-19(18-11-12-21(27)32-23(18)35-5)31-20-14-28-24(33-22(15)20)29-16-7-9-17(10-8-16)30-25(34)36-26(2,3)4/h11-14,16-17H,6-10H2,1-5H3,(H2,27,32)(H,30,34)(H,28,29,33)/t16-,17-. The van der Waals surface area contributed by atoms with E-state index in [2.05, 4.69) is 27.5 Å². The largest absolute Gasteiger partial charge is 0.480 e. The molecule has 0 saturated heterocycles. The zero-order chi connectivity index (χ0) is 25.9. The molecule has 1 aliphatic rings. The van der Waals surface area contributed by atoms with Crippen molar-refractivity contribution in [3.8, 4) is 17.1 Å². The van der Waals surface area contributed by atoms with Crippen LogP contribution in [0.3, 0.4) is 0 Å². The van der Waals surface area contributed by atoms with Gasteiger partial charge in [0, 0.05) is 12.1 Å². The fourth-order valence-electron chi connectivity index (χ4n) is 4.41. The molecule has 192 valence electrons. The number of hydrogen-bond acceptors (Lipinski definition) is 9. The Bertz CT molecular complexity index is 1230. The quantitative estimate of drug-likeness (QED) is 0.453. The van der Waals surface area contributed by atoms with E-state index in [9.17, 15) is 4.79 Å². The Morgan fingerprint density at radius 2 is 1.83 bits per heavy atom. The van der Waals surface area contributed by atoms with Gasteiger partial charge in [0.1, 0.15) is 16.9 Å². The van der Waals surface area contributed by atoms with Gasteiger partial charge in [0.05, 0.1) is 30.1 Å². The number of nitrogens with two attached hydrogens (primary N) is 1. The molecule has 0 atom stereocenters. The highest BCUT2D eigenvalue weighted by atomic mass is 16.6. The summed E-state index contributed by atoms with van der Waals surface area (Å²) < 4.78 is 10.8. The Kier molecular flexibility index (Phi) is 7.42. The Hall–Kier alpha value is -3.69. The number of carbonyl (C=O) groups is 1. The molecule has 3 aromatic rings. The predicted molar refractivity (Wildman–Crippen MR) is 140 cm³/mol. The molecular weight excluding hydrogens is 458 g/mol. The lowest BCUT2D eigenvalue weighted by molar-refractivity contribution is 0.0492. The summed E-state index contributed by atoms with van der Waals surface area (Å²) >= 11 is 0. The highest BCUT2D eigenvalue weighted by Gasteiger charge is 2.25. The summed E-state index contributed by atoms with van der Waals surface area (Å²) in [6, 6.07) is 5.96. The van der Waals surface area contributed by atoms with E-state index in [4.69, 9.17) is 25.2 Å². The second-order valence-electron chi connectivity index (χ2n) is 10.1. The van der Waals surface area contributed by atoms with Crippen LogP contribution in [-0.2, 0) is 11.2 Å². The molecule has 1 saturated carbocycles. The number of rotatable bonds is 6. The number of pyridine rings is 2. The summed E-state index contributed by atoms with van der Waals surface area (Å²) in [5, 5.41) is 6.45. The summed E-state index contributed by atoms with van der Waals surface area (Å²) in [6.45, 7) is 7.68. The van der Waals surface area contributed by atoms with Crippen molar-refractivity contribution in [1.29, 1.82) is 0 Å². The van der Waals surface area contributed by atoms with Gasteiger partial charge in [0.2, 0.25) is 11.8 Å². The maximum Gasteiger partial charge on any atom is 0.407 e. The van der Waals surface area contributed by atoms with Crippen molar-refractivity contribution in [2.45, 2.75) is 77.5 Å². The third kappa shape index (κ3) is 6.10. The van der Waals surface area contributed by atoms with Gasteiger partial charge in [-0.1, -0.05) is 6.92 Å². The molecule has 0 unspecified atom stereocenters. The van der Waals surface area contributed by atoms with E-state index in [1.165, 1.54) is 0 Å². The molecule has 1 aliphatic carbocycles. The summed E-state index contributed by atoms with van der Waals surface area (Å²) in [5.41, 5.74) is 9.40. The second kappa shape index (κ2) is 10.5. The monoisotopic (exact) mass is 493 g/mol. The van der Waals surface area contributed by atoms with E-state index in [-0.39, 0.29) is 18.2 Å². The molecule has 4 N–H and O–H groups in total. The molecule has 3 heterocycles. The molecule has 36 heavy (non-hydrogen) atoms. The molecule has 0 aromatic carbocycles. The van der Waals surface area contributed by atoms with Crippen molar-refractivity contribution in [2.24, 2.45) is 0 Å². The lowest BCUT2D eigenvalue weighted by atomic mass is 9.91. The molecule has 1 amide bonds. The van der Waals surface area contributed by atoms with Crippen molar-refractivity contribution in [1.82, 2.24) is 25.3 Å². The minimum Gasteiger partial charge on any atom is -0.480 e. The van der Waals surface area contributed by atoms with Crippen LogP contribution < -0.4 is 21.1 Å². The van der Waals surface area contributed by atoms with Gasteiger partial charge in [-0.15, -0.1) is 0 Å². The lowest BCUT2D eigenvalue weighted by Crippen LogP contribution is -2.42. The Morgan fingerprint density at radius 1 is 1.11 bits per heavy atom. The van der Waals surface area contributed by atoms with Crippen LogP contribution in [0.4, 0.5) is 16.6 Å². The molecule has 3 aromatic heterocycles. The lowest BCUT2D eigenvalue weighted by Gasteiger charge is -2.30. The van der Waals surface area contributed by atoms with E-state index in [0.29, 0.717) is 23.2 Å². The van der Waals surface area contributed by atoms with E-state index in [1.54, 1.807) is 19.4 Å². The number of nitrogens with zero attached hydrogens (tertiary/aromatic N) is 4. The summed E-state index contributed by atoms with van der Waals surface area (Å²) in [4.78, 5) is 30.4. The Labute approximate surface area is 211 Å². The number of aromatic nitrogens is 4. The first-order valence-electron chi connectivity index (χ1n) is 12.4. The second-order valence-corrected chi connectivity index (χ2v) is 10.1. The number of anilines is 2. The summed E-state index contributed by atoms with van der Waals surface area (Å²) in [5.74, 6) is 1.41. The molecular formula is C26H35N7O3. The molecule has 0 radical (unpaired) electrons. The molecule has 10 nitrogen and oxygen atoms in total. The number of methoxy groups -OCH3 is 1. The van der Waals surface area contributed by atoms with Crippen LogP contribution in [0.25, 0.3) is 22.3 Å². The minimum absolute atomic E-state index is 0.115. The number of aryl methyl sites for hydroxylation is 1. The predicted octanol–water partition coefficient (Wildman–Crippen LogP) is 4.49. The average molecular weight is 494 g/mol. The van der Waals surface area contributed by atoms with Crippen LogP contribution in [0.5, 0.6) is 5.88 Å². The van der Waals surface area contributed by atoms with Crippen LogP contribution in [0, 0.1) is 0 Å². The molecule has 10 heteroatoms. The normalized spacial score (nSPS) is 18.0. The van der Waals surface area contributed by atoms with Crippen molar-refractivity contribution in [3.05, 3.63) is 30.0 Å². The zero-order valence-electron chi connectivity index (χ0n) is 21.6. The average Bonchev–Trinajstić information content (AvgIpc) is 2.83. The Morgan fingerprint density at radius 3 is 2.50 bits per heavy atom. The van der Waals surface area contributed by atoms with Gasteiger partial charge in [-0.2, -0.15) is 4.98 Å². The number of hydrogen-bond donors (Lipinski definition) is 3. The fraction of sp³-hybridized carbons (Fsp3) is 0.500. The molecule has 4 rings (SSSR count). The van der Waals surface area contributed by atoms with Gasteiger partial charge in [-0.3, -0.25) is 0 Å². The first-order valence-corrected chi connectivity index (χ1v) is 12.4. The van der Waals surface area contributed by atoms with Gasteiger partial charge in [-0.25, -0.2) is 19.7 Å². The number of ether oxygens (including phenoxy) is 2. The molecule has 0 spiro atoms. The highest BCUT2D eigenvalue weighted by molar-refractivity contribution is 5.83. The van der Waals surface area contributed by atoms with Crippen LogP contribution in [0.2, 0.25) is 0 Å². The van der Waals surface area contributed by atoms with Gasteiger partial charge < -0.3 is 25.8 Å². The van der Waals surface area contributed by atoms with Crippen molar-refractivity contribution in [3.63, 3.8) is 0 Å². The van der Waals surface area contributed by atoms with Gasteiger partial charge in [0.15, 0.2) is 0 Å². The van der Waals surface area contributed by atoms with E-state index >= 15 is 0 Å². The van der Waals surface area contributed by atoms with Crippen LogP contribution in [-0.4, -0.2) is 50.8 Å². The number of nitrogens with one attached hydrogen (secondary N) is 2. The van der Waals surface area contributed by atoms with Gasteiger partial charge in [-0.05, 0) is 76.6 Å². The first kappa shape index (κ1) is 25.4. The third-order valence-corrected chi connectivity index (χ3v) is 6.14. The van der Waals surface area contributed by atoms with Gasteiger partial charge >= 0.3 is 6.09 Å². The SMILES string of the molecule is CCc1cc(-c2ccc(N)nc2OC)nc2cnc(N[C@H]3CC[C@H](NC(=O)OC(C)(C)C)CC3)nc12. The minimum atomic E-state index is -0.499. The first-order chi connectivity index (χ1) is 17.1. The number of nitrogen functional groups attached to an aromatic ring is 1. The van der Waals surface area contributed by atoms with Crippen LogP contribution in [0.15, 0.2) is 24.4 Å². The van der Waals surface area contributed by atoms with E-state index < -0.39 is 5.60 Å². The van der Waals surface area contributed by atoms with E-state index in [0.717, 1.165) is 54.4 Å². The number of alkyl carbamates (subject to hydrolysis) is 1. The summed E-state index contributed by atoms with van der Waals surface area (Å²) in [7, 11) is 1.56. The number of amides is 1. The van der Waals surface area contributed by atoms with Crippen LogP contribution >= 0.6 is 0 Å².